The maximum Gasteiger partial charge on any atom is 0.410 e. The molecule has 0 saturated carbocycles. The first-order valence-electron chi connectivity index (χ1n) is 10.2. The molecular weight excluding hydrogens is 380 g/mol. The van der Waals surface area contributed by atoms with Gasteiger partial charge in [0.25, 0.3) is 0 Å². The van der Waals surface area contributed by atoms with Gasteiger partial charge in [-0.05, 0) is 56.5 Å². The van der Waals surface area contributed by atoms with Crippen LogP contribution in [0.25, 0.3) is 0 Å². The number of para-hydroxylation sites is 1. The molecule has 160 valence electrons. The van der Waals surface area contributed by atoms with Crippen molar-refractivity contribution in [3.8, 4) is 0 Å². The molecule has 0 N–H and O–H groups in total. The maximum absolute atomic E-state index is 12.3. The summed E-state index contributed by atoms with van der Waals surface area (Å²) in [5.41, 5.74) is 3.59. The van der Waals surface area contributed by atoms with Crippen LogP contribution < -0.4 is 4.90 Å². The molecule has 0 bridgehead atoms. The van der Waals surface area contributed by atoms with Crippen LogP contribution in [0, 0.1) is 0 Å². The molecule has 1 fully saturated rings. The minimum atomic E-state index is -0.482. The van der Waals surface area contributed by atoms with E-state index in [1.54, 1.807) is 17.0 Å². The van der Waals surface area contributed by atoms with E-state index in [1.165, 1.54) is 18.4 Å². The first kappa shape index (κ1) is 21.7. The van der Waals surface area contributed by atoms with Crippen molar-refractivity contribution in [1.29, 1.82) is 0 Å². The van der Waals surface area contributed by atoms with Crippen molar-refractivity contribution < 1.29 is 19.1 Å². The fourth-order valence-corrected chi connectivity index (χ4v) is 3.52. The highest BCUT2D eigenvalue weighted by atomic mass is 16.6. The summed E-state index contributed by atoms with van der Waals surface area (Å²) in [4.78, 5) is 28.0. The third-order valence-corrected chi connectivity index (χ3v) is 5.03. The summed E-state index contributed by atoms with van der Waals surface area (Å²) in [6, 6.07) is 15.9. The third-order valence-electron chi connectivity index (χ3n) is 5.03. The number of methoxy groups -OCH3 is 1. The van der Waals surface area contributed by atoms with Gasteiger partial charge in [0.15, 0.2) is 0 Å². The van der Waals surface area contributed by atoms with Crippen molar-refractivity contribution in [3.05, 3.63) is 65.2 Å². The first-order valence-corrected chi connectivity index (χ1v) is 10.2. The summed E-state index contributed by atoms with van der Waals surface area (Å²) in [5, 5.41) is 0. The van der Waals surface area contributed by atoms with Crippen LogP contribution in [-0.4, -0.2) is 55.9 Å². The average Bonchev–Trinajstić information content (AvgIpc) is 2.73. The number of carbonyl (C=O) groups is 2. The molecule has 3 rings (SSSR count). The highest BCUT2D eigenvalue weighted by Gasteiger charge is 2.26. The van der Waals surface area contributed by atoms with Crippen molar-refractivity contribution in [1.82, 2.24) is 4.90 Å². The molecule has 1 aliphatic rings. The highest BCUT2D eigenvalue weighted by Crippen LogP contribution is 2.25. The normalized spacial score (nSPS) is 14.4. The van der Waals surface area contributed by atoms with Gasteiger partial charge in [-0.25, -0.2) is 9.59 Å². The minimum absolute atomic E-state index is 0.249. The van der Waals surface area contributed by atoms with Crippen LogP contribution in [0.3, 0.4) is 0 Å². The Balaban J connectivity index is 1.66. The predicted octanol–water partition coefficient (Wildman–Crippen LogP) is 4.12. The monoisotopic (exact) mass is 410 g/mol. The van der Waals surface area contributed by atoms with Crippen molar-refractivity contribution >= 4 is 17.7 Å². The molecule has 6 nitrogen and oxygen atoms in total. The van der Waals surface area contributed by atoms with Gasteiger partial charge in [-0.2, -0.15) is 0 Å². The summed E-state index contributed by atoms with van der Waals surface area (Å²) in [6.07, 6.45) is 0.519. The van der Waals surface area contributed by atoms with E-state index in [0.29, 0.717) is 18.7 Å². The molecule has 0 aromatic heterocycles. The van der Waals surface area contributed by atoms with Crippen molar-refractivity contribution in [3.63, 3.8) is 0 Å². The van der Waals surface area contributed by atoms with Crippen LogP contribution in [0.2, 0.25) is 0 Å². The maximum atomic E-state index is 12.3. The lowest BCUT2D eigenvalue weighted by atomic mass is 10.0. The van der Waals surface area contributed by atoms with Crippen LogP contribution in [0.5, 0.6) is 0 Å². The van der Waals surface area contributed by atoms with Gasteiger partial charge in [0.05, 0.1) is 12.7 Å². The van der Waals surface area contributed by atoms with Gasteiger partial charge in [0.1, 0.15) is 5.60 Å². The molecule has 1 amide bonds. The van der Waals surface area contributed by atoms with Gasteiger partial charge in [-0.15, -0.1) is 0 Å². The van der Waals surface area contributed by atoms with E-state index in [1.807, 2.05) is 45.0 Å². The second-order valence-corrected chi connectivity index (χ2v) is 8.45. The largest absolute Gasteiger partial charge is 0.465 e. The molecular formula is C24H30N2O4. The molecule has 2 aromatic rings. The number of nitrogens with zero attached hydrogens (tertiary/aromatic N) is 2. The molecule has 0 aliphatic carbocycles. The third kappa shape index (κ3) is 5.53. The Morgan fingerprint density at radius 2 is 1.57 bits per heavy atom. The molecule has 1 saturated heterocycles. The zero-order chi connectivity index (χ0) is 21.7. The van der Waals surface area contributed by atoms with Crippen LogP contribution in [0.1, 0.15) is 42.3 Å². The average molecular weight is 411 g/mol. The smallest absolute Gasteiger partial charge is 0.410 e. The lowest BCUT2D eigenvalue weighted by molar-refractivity contribution is 0.0240. The Labute approximate surface area is 178 Å². The Bertz CT molecular complexity index is 879. The molecule has 1 heterocycles. The first-order chi connectivity index (χ1) is 14.3. The highest BCUT2D eigenvalue weighted by molar-refractivity contribution is 5.89. The lowest BCUT2D eigenvalue weighted by Crippen LogP contribution is -2.50. The summed E-state index contributed by atoms with van der Waals surface area (Å²) >= 11 is 0. The zero-order valence-corrected chi connectivity index (χ0v) is 18.2. The predicted molar refractivity (Wildman–Crippen MR) is 117 cm³/mol. The van der Waals surface area contributed by atoms with Crippen molar-refractivity contribution in [2.75, 3.05) is 38.2 Å². The van der Waals surface area contributed by atoms with Crippen molar-refractivity contribution in [2.24, 2.45) is 0 Å². The number of ether oxygens (including phenoxy) is 2. The molecule has 0 atom stereocenters. The number of hydrogen-bond donors (Lipinski definition) is 0. The number of piperazine rings is 1. The topological polar surface area (TPSA) is 59.1 Å². The second kappa shape index (κ2) is 9.20. The fraction of sp³-hybridized carbons (Fsp3) is 0.417. The van der Waals surface area contributed by atoms with Crippen molar-refractivity contribution in [2.45, 2.75) is 32.8 Å². The summed E-state index contributed by atoms with van der Waals surface area (Å²) in [7, 11) is 1.38. The van der Waals surface area contributed by atoms with Gasteiger partial charge < -0.3 is 19.3 Å². The summed E-state index contributed by atoms with van der Waals surface area (Å²) in [5.74, 6) is -0.329. The van der Waals surface area contributed by atoms with Crippen LogP contribution in [0.15, 0.2) is 48.5 Å². The van der Waals surface area contributed by atoms with E-state index in [2.05, 4.69) is 17.0 Å². The van der Waals surface area contributed by atoms with Crippen LogP contribution >= 0.6 is 0 Å². The number of carbonyl (C=O) groups excluding carboxylic acids is 2. The molecule has 30 heavy (non-hydrogen) atoms. The molecule has 0 unspecified atom stereocenters. The van der Waals surface area contributed by atoms with E-state index in [9.17, 15) is 9.59 Å². The SMILES string of the molecule is COC(=O)c1ccc(Cc2ccccc2N2CCN(C(=O)OC(C)(C)C)CC2)cc1. The molecule has 0 spiro atoms. The molecule has 0 radical (unpaired) electrons. The standard InChI is InChI=1S/C24H30N2O4/c1-24(2,3)30-23(28)26-15-13-25(14-16-26)21-8-6-5-7-20(21)17-18-9-11-19(12-10-18)22(27)29-4/h5-12H,13-17H2,1-4H3. The number of esters is 1. The van der Waals surface area contributed by atoms with E-state index in [4.69, 9.17) is 9.47 Å². The number of amides is 1. The Hall–Kier alpha value is -3.02. The summed E-state index contributed by atoms with van der Waals surface area (Å²) in [6.45, 7) is 8.45. The van der Waals surface area contributed by atoms with E-state index < -0.39 is 5.60 Å². The molecule has 2 aromatic carbocycles. The van der Waals surface area contributed by atoms with Crippen LogP contribution in [-0.2, 0) is 15.9 Å². The number of benzene rings is 2. The van der Waals surface area contributed by atoms with E-state index in [0.717, 1.165) is 25.1 Å². The van der Waals surface area contributed by atoms with Gasteiger partial charge >= 0.3 is 12.1 Å². The van der Waals surface area contributed by atoms with E-state index in [-0.39, 0.29) is 12.1 Å². The number of hydrogen-bond acceptors (Lipinski definition) is 5. The van der Waals surface area contributed by atoms with Gasteiger partial charge in [0, 0.05) is 31.9 Å². The van der Waals surface area contributed by atoms with Gasteiger partial charge in [0.2, 0.25) is 0 Å². The lowest BCUT2D eigenvalue weighted by Gasteiger charge is -2.37. The Morgan fingerprint density at radius 3 is 2.17 bits per heavy atom. The zero-order valence-electron chi connectivity index (χ0n) is 18.2. The minimum Gasteiger partial charge on any atom is -0.465 e. The number of rotatable bonds is 4. The summed E-state index contributed by atoms with van der Waals surface area (Å²) < 4.78 is 10.3. The fourth-order valence-electron chi connectivity index (χ4n) is 3.52. The molecule has 6 heteroatoms. The van der Waals surface area contributed by atoms with Gasteiger partial charge in [-0.1, -0.05) is 30.3 Å². The van der Waals surface area contributed by atoms with E-state index >= 15 is 0 Å². The quantitative estimate of drug-likeness (QED) is 0.710. The van der Waals surface area contributed by atoms with Gasteiger partial charge in [-0.3, -0.25) is 0 Å². The Kier molecular flexibility index (Phi) is 6.65. The second-order valence-electron chi connectivity index (χ2n) is 8.45. The Morgan fingerprint density at radius 1 is 0.933 bits per heavy atom. The molecule has 1 aliphatic heterocycles. The number of anilines is 1. The van der Waals surface area contributed by atoms with Crippen LogP contribution in [0.4, 0.5) is 10.5 Å².